The lowest BCUT2D eigenvalue weighted by atomic mass is 10.1. The van der Waals surface area contributed by atoms with Crippen molar-refractivity contribution in [2.45, 2.75) is 32.2 Å². The van der Waals surface area contributed by atoms with Gasteiger partial charge in [0.05, 0.1) is 17.1 Å². The molecule has 1 aromatic rings. The summed E-state index contributed by atoms with van der Waals surface area (Å²) in [6.07, 6.45) is 3.17. The van der Waals surface area contributed by atoms with Gasteiger partial charge >= 0.3 is 0 Å². The molecule has 0 saturated carbocycles. The van der Waals surface area contributed by atoms with Crippen LogP contribution in [0.4, 0.5) is 11.5 Å². The summed E-state index contributed by atoms with van der Waals surface area (Å²) in [5, 5.41) is 13.7. The van der Waals surface area contributed by atoms with Gasteiger partial charge in [-0.15, -0.1) is 0 Å². The second-order valence-electron chi connectivity index (χ2n) is 5.04. The summed E-state index contributed by atoms with van der Waals surface area (Å²) in [5.41, 5.74) is -0.157. The molecule has 1 aromatic heterocycles. The Hall–Kier alpha value is -1.89. The van der Waals surface area contributed by atoms with Crippen LogP contribution in [0.3, 0.4) is 0 Å². The summed E-state index contributed by atoms with van der Waals surface area (Å²) in [6.45, 7) is 3.23. The number of aromatic nitrogens is 1. The maximum atomic E-state index is 12.3. The lowest BCUT2D eigenvalue weighted by Crippen LogP contribution is -2.44. The van der Waals surface area contributed by atoms with E-state index in [2.05, 4.69) is 10.3 Å². The summed E-state index contributed by atoms with van der Waals surface area (Å²) < 4.78 is 0. The molecular weight excluding hydrogens is 296 g/mol. The largest absolute Gasteiger partial charge is 0.358 e. The second kappa shape index (κ2) is 6.71. The normalized spacial score (nSPS) is 16.4. The molecule has 0 aliphatic carbocycles. The number of pyridine rings is 1. The van der Waals surface area contributed by atoms with E-state index in [1.807, 2.05) is 0 Å². The van der Waals surface area contributed by atoms with Crippen LogP contribution in [0.25, 0.3) is 0 Å². The Balaban J connectivity index is 2.06. The van der Waals surface area contributed by atoms with E-state index in [1.54, 1.807) is 11.8 Å². The highest BCUT2D eigenvalue weighted by Gasteiger charge is 2.23. The third-order valence-corrected chi connectivity index (χ3v) is 3.59. The molecule has 114 valence electrons. The number of hydrogen-bond acceptors (Lipinski definition) is 5. The van der Waals surface area contributed by atoms with Crippen LogP contribution in [0.15, 0.2) is 12.1 Å². The van der Waals surface area contributed by atoms with Crippen molar-refractivity contribution in [3.63, 3.8) is 0 Å². The number of carbonyl (C=O) groups is 1. The van der Waals surface area contributed by atoms with Gasteiger partial charge in [0.15, 0.2) is 0 Å². The fourth-order valence-electron chi connectivity index (χ4n) is 2.33. The molecule has 1 aliphatic heterocycles. The van der Waals surface area contributed by atoms with E-state index in [1.165, 1.54) is 12.1 Å². The maximum absolute atomic E-state index is 12.3. The summed E-state index contributed by atoms with van der Waals surface area (Å²) in [4.78, 5) is 28.3. The molecule has 7 nitrogen and oxygen atoms in total. The molecule has 0 aromatic carbocycles. The van der Waals surface area contributed by atoms with Crippen molar-refractivity contribution in [2.24, 2.45) is 0 Å². The average molecular weight is 313 g/mol. The lowest BCUT2D eigenvalue weighted by molar-refractivity contribution is -0.384. The van der Waals surface area contributed by atoms with Crippen LogP contribution in [0.2, 0.25) is 5.15 Å². The molecule has 0 bridgehead atoms. The van der Waals surface area contributed by atoms with Crippen molar-refractivity contribution in [2.75, 3.05) is 18.4 Å². The molecule has 2 heterocycles. The molecule has 1 unspecified atom stereocenters. The molecule has 0 spiro atoms. The second-order valence-corrected chi connectivity index (χ2v) is 5.43. The standard InChI is InChI=1S/C13H17ClN4O3/c1-9(13(19)17-5-3-2-4-6-17)15-12-8-10(18(20)21)7-11(14)16-12/h7-9H,2-6H2,1H3,(H,15,16). The number of amides is 1. The molecular formula is C13H17ClN4O3. The number of nitrogens with one attached hydrogen (secondary N) is 1. The van der Waals surface area contributed by atoms with Crippen LogP contribution in [-0.2, 0) is 4.79 Å². The number of carbonyl (C=O) groups excluding carboxylic acids is 1. The average Bonchev–Trinajstić information content (AvgIpc) is 2.46. The van der Waals surface area contributed by atoms with Crippen LogP contribution in [-0.4, -0.2) is 39.8 Å². The smallest absolute Gasteiger partial charge is 0.276 e. The first-order valence-electron chi connectivity index (χ1n) is 6.84. The minimum atomic E-state index is -0.546. The van der Waals surface area contributed by atoms with Crippen molar-refractivity contribution < 1.29 is 9.72 Å². The van der Waals surface area contributed by atoms with Crippen LogP contribution in [0.1, 0.15) is 26.2 Å². The number of likely N-dealkylation sites (tertiary alicyclic amines) is 1. The minimum absolute atomic E-state index is 0.0179. The van der Waals surface area contributed by atoms with Crippen LogP contribution in [0, 0.1) is 10.1 Å². The number of hydrogen-bond donors (Lipinski definition) is 1. The Morgan fingerprint density at radius 2 is 2.10 bits per heavy atom. The highest BCUT2D eigenvalue weighted by atomic mass is 35.5. The molecule has 0 radical (unpaired) electrons. The van der Waals surface area contributed by atoms with Crippen molar-refractivity contribution in [1.29, 1.82) is 0 Å². The number of nitrogens with zero attached hydrogens (tertiary/aromatic N) is 3. The quantitative estimate of drug-likeness (QED) is 0.524. The predicted molar refractivity (Wildman–Crippen MR) is 79.4 cm³/mol. The predicted octanol–water partition coefficient (Wildman–Crippen LogP) is 2.46. The number of anilines is 1. The topological polar surface area (TPSA) is 88.4 Å². The van der Waals surface area contributed by atoms with E-state index in [-0.39, 0.29) is 22.6 Å². The molecule has 1 fully saturated rings. The molecule has 1 saturated heterocycles. The van der Waals surface area contributed by atoms with E-state index < -0.39 is 11.0 Å². The van der Waals surface area contributed by atoms with Gasteiger partial charge in [-0.2, -0.15) is 0 Å². The number of nitro groups is 1. The zero-order valence-electron chi connectivity index (χ0n) is 11.7. The Morgan fingerprint density at radius 3 is 2.71 bits per heavy atom. The maximum Gasteiger partial charge on any atom is 0.276 e. The zero-order valence-corrected chi connectivity index (χ0v) is 12.5. The third kappa shape index (κ3) is 4.04. The van der Waals surface area contributed by atoms with Gasteiger partial charge in [-0.3, -0.25) is 14.9 Å². The first-order chi connectivity index (χ1) is 9.97. The fourth-order valence-corrected chi connectivity index (χ4v) is 2.54. The van der Waals surface area contributed by atoms with Gasteiger partial charge in [0.25, 0.3) is 5.69 Å². The van der Waals surface area contributed by atoms with Gasteiger partial charge in [0.1, 0.15) is 17.0 Å². The van der Waals surface area contributed by atoms with Crippen molar-refractivity contribution in [3.8, 4) is 0 Å². The van der Waals surface area contributed by atoms with E-state index in [0.717, 1.165) is 32.4 Å². The lowest BCUT2D eigenvalue weighted by Gasteiger charge is -2.29. The Bertz CT molecular complexity index is 546. The first-order valence-corrected chi connectivity index (χ1v) is 7.22. The van der Waals surface area contributed by atoms with Crippen LogP contribution >= 0.6 is 11.6 Å². The van der Waals surface area contributed by atoms with E-state index in [9.17, 15) is 14.9 Å². The van der Waals surface area contributed by atoms with Crippen LogP contribution in [0.5, 0.6) is 0 Å². The third-order valence-electron chi connectivity index (χ3n) is 3.39. The van der Waals surface area contributed by atoms with Gasteiger partial charge in [-0.25, -0.2) is 4.98 Å². The van der Waals surface area contributed by atoms with Gasteiger partial charge in [-0.05, 0) is 26.2 Å². The Morgan fingerprint density at radius 1 is 1.43 bits per heavy atom. The van der Waals surface area contributed by atoms with Crippen molar-refractivity contribution >= 4 is 29.0 Å². The van der Waals surface area contributed by atoms with E-state index in [0.29, 0.717) is 0 Å². The highest BCUT2D eigenvalue weighted by molar-refractivity contribution is 6.29. The Kier molecular flexibility index (Phi) is 4.95. The SMILES string of the molecule is CC(Nc1cc([N+](=O)[O-])cc(Cl)n1)C(=O)N1CCCCC1. The van der Waals surface area contributed by atoms with E-state index >= 15 is 0 Å². The van der Waals surface area contributed by atoms with Crippen molar-refractivity contribution in [3.05, 3.63) is 27.4 Å². The highest BCUT2D eigenvalue weighted by Crippen LogP contribution is 2.21. The van der Waals surface area contributed by atoms with Crippen molar-refractivity contribution in [1.82, 2.24) is 9.88 Å². The number of halogens is 1. The van der Waals surface area contributed by atoms with Gasteiger partial charge in [-0.1, -0.05) is 11.6 Å². The molecule has 8 heteroatoms. The van der Waals surface area contributed by atoms with Gasteiger partial charge in [0, 0.05) is 13.1 Å². The van der Waals surface area contributed by atoms with Gasteiger partial charge < -0.3 is 10.2 Å². The molecule has 1 aliphatic rings. The van der Waals surface area contributed by atoms with E-state index in [4.69, 9.17) is 11.6 Å². The minimum Gasteiger partial charge on any atom is -0.358 e. The molecule has 2 rings (SSSR count). The molecule has 1 atom stereocenters. The summed E-state index contributed by atoms with van der Waals surface area (Å²) in [5.74, 6) is 0.200. The van der Waals surface area contributed by atoms with Crippen LogP contribution < -0.4 is 5.32 Å². The summed E-state index contributed by atoms with van der Waals surface area (Å²) in [7, 11) is 0. The zero-order chi connectivity index (χ0) is 15.4. The number of piperidine rings is 1. The molecule has 1 N–H and O–H groups in total. The fraction of sp³-hybridized carbons (Fsp3) is 0.538. The molecule has 1 amide bonds. The Labute approximate surface area is 127 Å². The monoisotopic (exact) mass is 312 g/mol. The van der Waals surface area contributed by atoms with Gasteiger partial charge in [0.2, 0.25) is 5.91 Å². The molecule has 21 heavy (non-hydrogen) atoms. The number of rotatable bonds is 4. The first kappa shape index (κ1) is 15.5. The summed E-state index contributed by atoms with van der Waals surface area (Å²) in [6, 6.07) is 1.93. The summed E-state index contributed by atoms with van der Waals surface area (Å²) >= 11 is 5.75.